The third-order valence-electron chi connectivity index (χ3n) is 6.29. The third-order valence-corrected chi connectivity index (χ3v) is 6.29. The Morgan fingerprint density at radius 1 is 1.09 bits per heavy atom. The van der Waals surface area contributed by atoms with E-state index in [0.29, 0.717) is 43.5 Å². The largest absolute Gasteiger partial charge is 0.486 e. The van der Waals surface area contributed by atoms with Crippen molar-refractivity contribution in [3.63, 3.8) is 0 Å². The fourth-order valence-electron chi connectivity index (χ4n) is 4.81. The number of hydrazine groups is 1. The highest BCUT2D eigenvalue weighted by atomic mass is 16.6. The van der Waals surface area contributed by atoms with E-state index in [1.807, 2.05) is 42.5 Å². The molecule has 2 saturated heterocycles. The first-order chi connectivity index (χ1) is 15.6. The van der Waals surface area contributed by atoms with Crippen molar-refractivity contribution in [3.05, 3.63) is 48.5 Å². The van der Waals surface area contributed by atoms with E-state index in [1.54, 1.807) is 11.1 Å². The van der Waals surface area contributed by atoms with Gasteiger partial charge in [-0.25, -0.2) is 10.4 Å². The molecule has 3 heterocycles. The van der Waals surface area contributed by atoms with Crippen LogP contribution in [-0.4, -0.2) is 55.6 Å². The van der Waals surface area contributed by atoms with Gasteiger partial charge >= 0.3 is 0 Å². The number of rotatable bonds is 5. The maximum Gasteiger partial charge on any atom is 0.247 e. The molecule has 3 aliphatic rings. The quantitative estimate of drug-likeness (QED) is 0.748. The van der Waals surface area contributed by atoms with Gasteiger partial charge in [-0.3, -0.25) is 9.59 Å². The summed E-state index contributed by atoms with van der Waals surface area (Å²) < 4.78 is 11.2. The first-order valence-corrected chi connectivity index (χ1v) is 11.2. The highest BCUT2D eigenvalue weighted by molar-refractivity contribution is 6.00. The molecule has 0 aliphatic carbocycles. The first-order valence-electron chi connectivity index (χ1n) is 11.2. The van der Waals surface area contributed by atoms with Gasteiger partial charge in [-0.05, 0) is 37.2 Å². The Morgan fingerprint density at radius 2 is 1.88 bits per heavy atom. The predicted molar refractivity (Wildman–Crippen MR) is 121 cm³/mol. The van der Waals surface area contributed by atoms with Gasteiger partial charge in [0.25, 0.3) is 0 Å². The molecule has 2 aromatic rings. The maximum atomic E-state index is 13.4. The summed E-state index contributed by atoms with van der Waals surface area (Å²) in [6.45, 7) is 5.24. The summed E-state index contributed by atoms with van der Waals surface area (Å²) in [6, 6.07) is 14.7. The average Bonchev–Trinajstić information content (AvgIpc) is 3.15. The molecule has 8 nitrogen and oxygen atoms in total. The number of ether oxygens (including phenoxy) is 2. The number of hydrogen-bond acceptors (Lipinski definition) is 6. The van der Waals surface area contributed by atoms with Gasteiger partial charge in [0.15, 0.2) is 11.5 Å². The monoisotopic (exact) mass is 436 g/mol. The van der Waals surface area contributed by atoms with Gasteiger partial charge in [-0.15, -0.1) is 0 Å². The molecular weight excluding hydrogens is 408 g/mol. The number of likely N-dealkylation sites (tertiary alicyclic amines) is 1. The van der Waals surface area contributed by atoms with Crippen LogP contribution < -0.4 is 25.2 Å². The summed E-state index contributed by atoms with van der Waals surface area (Å²) in [5.41, 5.74) is 4.79. The van der Waals surface area contributed by atoms with Crippen LogP contribution in [0.2, 0.25) is 0 Å². The predicted octanol–water partition coefficient (Wildman–Crippen LogP) is 2.27. The second-order valence-electron chi connectivity index (χ2n) is 8.48. The van der Waals surface area contributed by atoms with Gasteiger partial charge in [0.05, 0.1) is 23.6 Å². The van der Waals surface area contributed by atoms with Crippen molar-refractivity contribution in [1.29, 1.82) is 0 Å². The van der Waals surface area contributed by atoms with Gasteiger partial charge in [0.1, 0.15) is 13.2 Å². The minimum Gasteiger partial charge on any atom is -0.486 e. The van der Waals surface area contributed by atoms with Crippen LogP contribution in [0.15, 0.2) is 48.5 Å². The SMILES string of the molecule is CCCN1CC(C(=O)Nc2ccc3c(c2)OCCO3)C2NN(c3ccccc3)C(=O)C2C1. The number of amides is 2. The minimum atomic E-state index is -0.369. The van der Waals surface area contributed by atoms with Crippen LogP contribution in [0.4, 0.5) is 11.4 Å². The summed E-state index contributed by atoms with van der Waals surface area (Å²) in [5.74, 6) is 0.583. The normalized spacial score (nSPS) is 24.8. The highest BCUT2D eigenvalue weighted by Crippen LogP contribution is 2.35. The molecule has 0 aromatic heterocycles. The van der Waals surface area contributed by atoms with E-state index in [4.69, 9.17) is 9.47 Å². The molecule has 0 bridgehead atoms. The Balaban J connectivity index is 1.37. The lowest BCUT2D eigenvalue weighted by atomic mass is 9.84. The molecular formula is C24H28N4O4. The van der Waals surface area contributed by atoms with E-state index in [1.165, 1.54) is 0 Å². The maximum absolute atomic E-state index is 13.4. The van der Waals surface area contributed by atoms with Crippen molar-refractivity contribution in [2.75, 3.05) is 43.2 Å². The van der Waals surface area contributed by atoms with Crippen molar-refractivity contribution >= 4 is 23.2 Å². The Kier molecular flexibility index (Phi) is 5.71. The number of hydrogen-bond donors (Lipinski definition) is 2. The molecule has 32 heavy (non-hydrogen) atoms. The Bertz CT molecular complexity index is 999. The first kappa shape index (κ1) is 20.8. The van der Waals surface area contributed by atoms with Crippen LogP contribution in [0, 0.1) is 11.8 Å². The number of carbonyl (C=O) groups is 2. The van der Waals surface area contributed by atoms with Crippen LogP contribution in [-0.2, 0) is 9.59 Å². The second kappa shape index (κ2) is 8.80. The summed E-state index contributed by atoms with van der Waals surface area (Å²) in [4.78, 5) is 28.9. The van der Waals surface area contributed by atoms with Gasteiger partial charge in [-0.1, -0.05) is 25.1 Å². The molecule has 2 aromatic carbocycles. The molecule has 2 amide bonds. The molecule has 3 atom stereocenters. The van der Waals surface area contributed by atoms with Crippen molar-refractivity contribution < 1.29 is 19.1 Å². The van der Waals surface area contributed by atoms with Crippen molar-refractivity contribution in [1.82, 2.24) is 10.3 Å². The zero-order chi connectivity index (χ0) is 22.1. The molecule has 168 valence electrons. The summed E-state index contributed by atoms with van der Waals surface area (Å²) in [6.07, 6.45) is 0.970. The minimum absolute atomic E-state index is 0.0131. The average molecular weight is 437 g/mol. The second-order valence-corrected chi connectivity index (χ2v) is 8.48. The molecule has 3 unspecified atom stereocenters. The van der Waals surface area contributed by atoms with Crippen molar-refractivity contribution in [3.8, 4) is 11.5 Å². The smallest absolute Gasteiger partial charge is 0.247 e. The number of piperidine rings is 1. The van der Waals surface area contributed by atoms with E-state index in [9.17, 15) is 9.59 Å². The van der Waals surface area contributed by atoms with Crippen LogP contribution in [0.1, 0.15) is 13.3 Å². The van der Waals surface area contributed by atoms with Crippen LogP contribution >= 0.6 is 0 Å². The standard InChI is InChI=1S/C24H28N4O4/c1-2-10-27-14-18(23(29)25-16-8-9-20-21(13-16)32-12-11-31-20)22-19(15-27)24(30)28(26-22)17-6-4-3-5-7-17/h3-9,13,18-19,22,26H,2,10-12,14-15H2,1H3,(H,25,29). The molecule has 2 fully saturated rings. The highest BCUT2D eigenvalue weighted by Gasteiger charge is 2.50. The van der Waals surface area contributed by atoms with Gasteiger partial charge in [-0.2, -0.15) is 0 Å². The molecule has 0 saturated carbocycles. The molecule has 3 aliphatic heterocycles. The van der Waals surface area contributed by atoms with E-state index in [2.05, 4.69) is 22.6 Å². The lowest BCUT2D eigenvalue weighted by Crippen LogP contribution is -2.56. The van der Waals surface area contributed by atoms with Crippen molar-refractivity contribution in [2.24, 2.45) is 11.8 Å². The van der Waals surface area contributed by atoms with E-state index >= 15 is 0 Å². The Hall–Kier alpha value is -3.10. The summed E-state index contributed by atoms with van der Waals surface area (Å²) in [5, 5.41) is 4.64. The van der Waals surface area contributed by atoms with E-state index in [0.717, 1.165) is 18.7 Å². The van der Waals surface area contributed by atoms with Crippen LogP contribution in [0.25, 0.3) is 0 Å². The summed E-state index contributed by atoms with van der Waals surface area (Å²) >= 11 is 0. The fraction of sp³-hybridized carbons (Fsp3) is 0.417. The number of para-hydroxylation sites is 1. The van der Waals surface area contributed by atoms with Gasteiger partial charge in [0, 0.05) is 24.8 Å². The van der Waals surface area contributed by atoms with Crippen LogP contribution in [0.5, 0.6) is 11.5 Å². The lowest BCUT2D eigenvalue weighted by molar-refractivity contribution is -0.126. The number of nitrogens with zero attached hydrogens (tertiary/aromatic N) is 2. The van der Waals surface area contributed by atoms with Crippen LogP contribution in [0.3, 0.4) is 0 Å². The van der Waals surface area contributed by atoms with E-state index in [-0.39, 0.29) is 29.7 Å². The molecule has 8 heteroatoms. The third kappa shape index (κ3) is 3.91. The topological polar surface area (TPSA) is 83.1 Å². The number of fused-ring (bicyclic) bond motifs is 2. The zero-order valence-corrected chi connectivity index (χ0v) is 18.1. The van der Waals surface area contributed by atoms with Gasteiger partial charge < -0.3 is 19.7 Å². The number of nitrogens with one attached hydrogen (secondary N) is 2. The lowest BCUT2D eigenvalue weighted by Gasteiger charge is -2.38. The molecule has 5 rings (SSSR count). The molecule has 0 spiro atoms. The number of carbonyl (C=O) groups excluding carboxylic acids is 2. The fourth-order valence-corrected chi connectivity index (χ4v) is 4.81. The zero-order valence-electron chi connectivity index (χ0n) is 18.1. The van der Waals surface area contributed by atoms with Crippen molar-refractivity contribution in [2.45, 2.75) is 19.4 Å². The summed E-state index contributed by atoms with van der Waals surface area (Å²) in [7, 11) is 0. The molecule has 2 N–H and O–H groups in total. The Morgan fingerprint density at radius 3 is 2.66 bits per heavy atom. The van der Waals surface area contributed by atoms with Gasteiger partial charge in [0.2, 0.25) is 11.8 Å². The number of benzene rings is 2. The molecule has 0 radical (unpaired) electrons. The Labute approximate surface area is 187 Å². The van der Waals surface area contributed by atoms with E-state index < -0.39 is 0 Å². The number of anilines is 2.